The summed E-state index contributed by atoms with van der Waals surface area (Å²) in [6.07, 6.45) is 5.48. The average Bonchev–Trinajstić information content (AvgIpc) is 2.32. The lowest BCUT2D eigenvalue weighted by Crippen LogP contribution is -2.55. The van der Waals surface area contributed by atoms with E-state index in [9.17, 15) is 0 Å². The number of hydrogen-bond acceptors (Lipinski definition) is 3. The van der Waals surface area contributed by atoms with E-state index in [0.29, 0.717) is 0 Å². The largest absolute Gasteiger partial charge is 0.378 e. The molecule has 17 heavy (non-hydrogen) atoms. The van der Waals surface area contributed by atoms with E-state index in [4.69, 9.17) is 10.5 Å². The summed E-state index contributed by atoms with van der Waals surface area (Å²) in [5, 5.41) is 0. The van der Waals surface area contributed by atoms with E-state index in [1.165, 1.54) is 32.2 Å². The summed E-state index contributed by atoms with van der Waals surface area (Å²) in [7, 11) is 0. The van der Waals surface area contributed by atoms with Crippen molar-refractivity contribution in [3.8, 4) is 0 Å². The van der Waals surface area contributed by atoms with Crippen LogP contribution >= 0.6 is 0 Å². The van der Waals surface area contributed by atoms with Crippen LogP contribution in [0.5, 0.6) is 0 Å². The van der Waals surface area contributed by atoms with Crippen molar-refractivity contribution in [3.63, 3.8) is 0 Å². The molecule has 0 radical (unpaired) electrons. The van der Waals surface area contributed by atoms with Gasteiger partial charge < -0.3 is 10.5 Å². The zero-order valence-corrected chi connectivity index (χ0v) is 11.5. The molecule has 0 aromatic carbocycles. The van der Waals surface area contributed by atoms with Gasteiger partial charge >= 0.3 is 0 Å². The highest BCUT2D eigenvalue weighted by Gasteiger charge is 2.34. The van der Waals surface area contributed by atoms with Crippen LogP contribution in [0.1, 0.15) is 39.5 Å². The smallest absolute Gasteiger partial charge is 0.0645 e. The summed E-state index contributed by atoms with van der Waals surface area (Å²) < 4.78 is 5.59. The summed E-state index contributed by atoms with van der Waals surface area (Å²) in [5.74, 6) is 1.56. The molecule has 0 spiro atoms. The van der Waals surface area contributed by atoms with Gasteiger partial charge in [-0.2, -0.15) is 0 Å². The molecule has 2 aliphatic rings. The second kappa shape index (κ2) is 5.68. The number of hydrogen-bond donors (Lipinski definition) is 1. The molecular formula is C14H28N2O. The Morgan fingerprint density at radius 3 is 2.59 bits per heavy atom. The third kappa shape index (κ3) is 3.21. The lowest BCUT2D eigenvalue weighted by atomic mass is 9.78. The molecule has 0 aromatic heterocycles. The predicted molar refractivity (Wildman–Crippen MR) is 71.0 cm³/mol. The fourth-order valence-electron chi connectivity index (χ4n) is 3.35. The molecular weight excluding hydrogens is 212 g/mol. The molecule has 1 saturated heterocycles. The third-order valence-corrected chi connectivity index (χ3v) is 4.64. The lowest BCUT2D eigenvalue weighted by molar-refractivity contribution is -0.0625. The van der Waals surface area contributed by atoms with Gasteiger partial charge in [0.2, 0.25) is 0 Å². The van der Waals surface area contributed by atoms with Gasteiger partial charge in [0, 0.05) is 18.6 Å². The van der Waals surface area contributed by atoms with E-state index in [1.807, 2.05) is 0 Å². The fourth-order valence-corrected chi connectivity index (χ4v) is 3.35. The van der Waals surface area contributed by atoms with Gasteiger partial charge in [-0.1, -0.05) is 12.8 Å². The minimum absolute atomic E-state index is 0.203. The Hall–Kier alpha value is -0.120. The van der Waals surface area contributed by atoms with Gasteiger partial charge in [-0.25, -0.2) is 0 Å². The predicted octanol–water partition coefficient (Wildman–Crippen LogP) is 1.86. The SMILES string of the molecule is CC1(C)COCCN1CC1CCCCC1CN. The maximum absolute atomic E-state index is 5.92. The Morgan fingerprint density at radius 2 is 1.94 bits per heavy atom. The molecule has 2 N–H and O–H groups in total. The molecule has 2 rings (SSSR count). The molecule has 2 fully saturated rings. The maximum atomic E-state index is 5.92. The minimum Gasteiger partial charge on any atom is -0.378 e. The molecule has 0 amide bonds. The Bertz CT molecular complexity index is 242. The van der Waals surface area contributed by atoms with Gasteiger partial charge in [-0.3, -0.25) is 4.90 Å². The summed E-state index contributed by atoms with van der Waals surface area (Å²) in [4.78, 5) is 2.62. The molecule has 1 saturated carbocycles. The van der Waals surface area contributed by atoms with Crippen molar-refractivity contribution in [3.05, 3.63) is 0 Å². The van der Waals surface area contributed by atoms with Crippen LogP contribution in [-0.4, -0.2) is 43.3 Å². The molecule has 1 aliphatic heterocycles. The normalized spacial score (nSPS) is 34.8. The second-order valence-corrected chi connectivity index (χ2v) is 6.35. The summed E-state index contributed by atoms with van der Waals surface area (Å²) in [6, 6.07) is 0. The Morgan fingerprint density at radius 1 is 1.24 bits per heavy atom. The molecule has 0 bridgehead atoms. The first-order chi connectivity index (χ1) is 8.13. The first-order valence-electron chi connectivity index (χ1n) is 7.16. The van der Waals surface area contributed by atoms with Crippen molar-refractivity contribution < 1.29 is 4.74 Å². The molecule has 1 heterocycles. The standard InChI is InChI=1S/C14H28N2O/c1-14(2)11-17-8-7-16(14)10-13-6-4-3-5-12(13)9-15/h12-13H,3-11,15H2,1-2H3. The molecule has 2 unspecified atom stereocenters. The second-order valence-electron chi connectivity index (χ2n) is 6.35. The average molecular weight is 240 g/mol. The lowest BCUT2D eigenvalue weighted by Gasteiger charge is -2.45. The van der Waals surface area contributed by atoms with Crippen LogP contribution in [0.15, 0.2) is 0 Å². The van der Waals surface area contributed by atoms with Crippen molar-refractivity contribution in [2.75, 3.05) is 32.8 Å². The summed E-state index contributed by atoms with van der Waals surface area (Å²) in [6.45, 7) is 9.53. The van der Waals surface area contributed by atoms with E-state index in [2.05, 4.69) is 18.7 Å². The van der Waals surface area contributed by atoms with Crippen LogP contribution in [0.4, 0.5) is 0 Å². The van der Waals surface area contributed by atoms with Crippen molar-refractivity contribution in [2.24, 2.45) is 17.6 Å². The van der Waals surface area contributed by atoms with Gasteiger partial charge in [0.15, 0.2) is 0 Å². The van der Waals surface area contributed by atoms with Crippen molar-refractivity contribution in [1.29, 1.82) is 0 Å². The Balaban J connectivity index is 1.93. The van der Waals surface area contributed by atoms with Gasteiger partial charge in [0.25, 0.3) is 0 Å². The van der Waals surface area contributed by atoms with Gasteiger partial charge in [-0.05, 0) is 45.1 Å². The maximum Gasteiger partial charge on any atom is 0.0645 e. The Labute approximate surface area is 106 Å². The zero-order chi connectivity index (χ0) is 12.3. The highest BCUT2D eigenvalue weighted by atomic mass is 16.5. The summed E-state index contributed by atoms with van der Waals surface area (Å²) >= 11 is 0. The minimum atomic E-state index is 0.203. The number of ether oxygens (including phenoxy) is 1. The third-order valence-electron chi connectivity index (χ3n) is 4.64. The first kappa shape index (κ1) is 13.3. The Kier molecular flexibility index (Phi) is 4.45. The van der Waals surface area contributed by atoms with E-state index in [1.54, 1.807) is 0 Å². The van der Waals surface area contributed by atoms with Gasteiger partial charge in [0.1, 0.15) is 0 Å². The van der Waals surface area contributed by atoms with Crippen LogP contribution in [0, 0.1) is 11.8 Å². The van der Waals surface area contributed by atoms with Crippen LogP contribution in [0.25, 0.3) is 0 Å². The van der Waals surface area contributed by atoms with E-state index in [-0.39, 0.29) is 5.54 Å². The van der Waals surface area contributed by atoms with Gasteiger partial charge in [-0.15, -0.1) is 0 Å². The number of rotatable bonds is 3. The summed E-state index contributed by atoms with van der Waals surface area (Å²) in [5.41, 5.74) is 6.13. The zero-order valence-electron chi connectivity index (χ0n) is 11.5. The van der Waals surface area contributed by atoms with Gasteiger partial charge in [0.05, 0.1) is 13.2 Å². The monoisotopic (exact) mass is 240 g/mol. The van der Waals surface area contributed by atoms with Crippen molar-refractivity contribution in [1.82, 2.24) is 4.90 Å². The van der Waals surface area contributed by atoms with Crippen LogP contribution in [0.3, 0.4) is 0 Å². The number of nitrogens with two attached hydrogens (primary N) is 1. The number of morpholine rings is 1. The quantitative estimate of drug-likeness (QED) is 0.818. The molecule has 100 valence electrons. The number of nitrogens with zero attached hydrogens (tertiary/aromatic N) is 1. The molecule has 1 aliphatic carbocycles. The van der Waals surface area contributed by atoms with E-state index < -0.39 is 0 Å². The molecule has 3 nitrogen and oxygen atoms in total. The molecule has 3 heteroatoms. The highest BCUT2D eigenvalue weighted by molar-refractivity contribution is 4.88. The molecule has 0 aromatic rings. The molecule has 2 atom stereocenters. The van der Waals surface area contributed by atoms with Crippen LogP contribution in [0.2, 0.25) is 0 Å². The van der Waals surface area contributed by atoms with Crippen molar-refractivity contribution >= 4 is 0 Å². The van der Waals surface area contributed by atoms with E-state index in [0.717, 1.165) is 38.1 Å². The fraction of sp³-hybridized carbons (Fsp3) is 1.00. The van der Waals surface area contributed by atoms with Crippen LogP contribution in [-0.2, 0) is 4.74 Å². The van der Waals surface area contributed by atoms with E-state index >= 15 is 0 Å². The van der Waals surface area contributed by atoms with Crippen LogP contribution < -0.4 is 5.73 Å². The topological polar surface area (TPSA) is 38.5 Å². The first-order valence-corrected chi connectivity index (χ1v) is 7.16. The highest BCUT2D eigenvalue weighted by Crippen LogP contribution is 2.32. The van der Waals surface area contributed by atoms with Crippen molar-refractivity contribution in [2.45, 2.75) is 45.1 Å².